The molecule has 0 bridgehead atoms. The van der Waals surface area contributed by atoms with Crippen LogP contribution in [0.2, 0.25) is 0 Å². The largest absolute Gasteiger partial charge is 0.436 e. The van der Waals surface area contributed by atoms with Gasteiger partial charge >= 0.3 is 6.55 Å². The second kappa shape index (κ2) is 11.6. The fourth-order valence-corrected chi connectivity index (χ4v) is 5.47. The monoisotopic (exact) mass is 635 g/mol. The van der Waals surface area contributed by atoms with Crippen LogP contribution in [-0.2, 0) is 4.79 Å². The van der Waals surface area contributed by atoms with Crippen molar-refractivity contribution in [2.24, 2.45) is 5.92 Å². The number of tetrazole rings is 1. The summed E-state index contributed by atoms with van der Waals surface area (Å²) in [6, 6.07) is 16.6. The van der Waals surface area contributed by atoms with Crippen LogP contribution in [0.1, 0.15) is 40.9 Å². The van der Waals surface area contributed by atoms with E-state index in [4.69, 9.17) is 4.42 Å². The normalized spacial score (nSPS) is 18.5. The Labute approximate surface area is 258 Å². The Kier molecular flexibility index (Phi) is 7.43. The van der Waals surface area contributed by atoms with E-state index >= 15 is 0 Å². The van der Waals surface area contributed by atoms with Gasteiger partial charge in [-0.3, -0.25) is 19.5 Å². The molecule has 46 heavy (non-hydrogen) atoms. The Hall–Kier alpha value is -5.25. The number of piperazine rings is 1. The van der Waals surface area contributed by atoms with Gasteiger partial charge in [-0.05, 0) is 41.1 Å². The third-order valence-corrected chi connectivity index (χ3v) is 7.97. The first-order chi connectivity index (χ1) is 22.2. The summed E-state index contributed by atoms with van der Waals surface area (Å²) in [7, 11) is 0. The predicted molar refractivity (Wildman–Crippen MR) is 154 cm³/mol. The van der Waals surface area contributed by atoms with Gasteiger partial charge < -0.3 is 14.6 Å². The zero-order valence-electron chi connectivity index (χ0n) is 23.9. The Morgan fingerprint density at radius 3 is 2.46 bits per heavy atom. The highest BCUT2D eigenvalue weighted by Crippen LogP contribution is 2.49. The molecule has 2 aliphatic rings. The van der Waals surface area contributed by atoms with Crippen LogP contribution in [-0.4, -0.2) is 83.9 Å². The number of fused-ring (bicyclic) bond motifs is 1. The number of hydrogen-bond donors (Lipinski definition) is 1. The lowest BCUT2D eigenvalue weighted by Gasteiger charge is -2.38. The van der Waals surface area contributed by atoms with Crippen LogP contribution in [0.15, 0.2) is 71.3 Å². The number of anilines is 1. The molecule has 1 saturated heterocycles. The van der Waals surface area contributed by atoms with Crippen LogP contribution >= 0.6 is 0 Å². The van der Waals surface area contributed by atoms with Gasteiger partial charge in [-0.2, -0.15) is 8.78 Å². The third kappa shape index (κ3) is 5.78. The quantitative estimate of drug-likeness (QED) is 0.246. The van der Waals surface area contributed by atoms with Crippen molar-refractivity contribution in [2.75, 3.05) is 31.5 Å². The second-order valence-corrected chi connectivity index (χ2v) is 11.0. The molecule has 1 aliphatic carbocycles. The fraction of sp³-hybridized carbons (Fsp3) is 0.300. The maximum Gasteiger partial charge on any atom is 0.350 e. The zero-order chi connectivity index (χ0) is 32.0. The van der Waals surface area contributed by atoms with Crippen molar-refractivity contribution in [1.82, 2.24) is 40.0 Å². The Morgan fingerprint density at radius 2 is 1.76 bits per heavy atom. The molecule has 1 unspecified atom stereocenters. The summed E-state index contributed by atoms with van der Waals surface area (Å²) in [5.41, 5.74) is 2.59. The molecule has 0 spiro atoms. The number of carbonyl (C=O) groups is 2. The molecule has 4 heterocycles. The van der Waals surface area contributed by atoms with E-state index in [1.165, 1.54) is 18.3 Å². The minimum Gasteiger partial charge on any atom is -0.436 e. The van der Waals surface area contributed by atoms with Gasteiger partial charge in [0.15, 0.2) is 11.4 Å². The summed E-state index contributed by atoms with van der Waals surface area (Å²) in [5.74, 6) is -5.01. The number of oxazole rings is 1. The zero-order valence-corrected chi connectivity index (χ0v) is 23.9. The first-order valence-corrected chi connectivity index (χ1v) is 14.4. The van der Waals surface area contributed by atoms with E-state index in [1.807, 2.05) is 35.2 Å². The van der Waals surface area contributed by atoms with Gasteiger partial charge in [0.1, 0.15) is 17.1 Å². The van der Waals surface area contributed by atoms with E-state index in [0.29, 0.717) is 48.5 Å². The van der Waals surface area contributed by atoms with E-state index in [1.54, 1.807) is 23.1 Å². The van der Waals surface area contributed by atoms with Crippen molar-refractivity contribution in [2.45, 2.75) is 24.9 Å². The smallest absolute Gasteiger partial charge is 0.350 e. The maximum atomic E-state index is 13.5. The molecule has 236 valence electrons. The van der Waals surface area contributed by atoms with E-state index in [9.17, 15) is 27.2 Å². The van der Waals surface area contributed by atoms with Gasteiger partial charge in [0.05, 0.1) is 6.04 Å². The molecule has 2 amide bonds. The summed E-state index contributed by atoms with van der Waals surface area (Å²) in [6.07, 6.45) is 1.01. The number of pyridine rings is 1. The molecule has 2 atom stereocenters. The molecule has 1 N–H and O–H groups in total. The number of nitrogens with one attached hydrogen (secondary N) is 1. The number of rotatable bonds is 8. The van der Waals surface area contributed by atoms with Gasteiger partial charge in [0.25, 0.3) is 11.8 Å². The molecule has 16 heteroatoms. The van der Waals surface area contributed by atoms with Crippen LogP contribution in [0.3, 0.4) is 0 Å². The Morgan fingerprint density at radius 1 is 1.00 bits per heavy atom. The highest BCUT2D eigenvalue weighted by molar-refractivity contribution is 5.97. The van der Waals surface area contributed by atoms with Crippen LogP contribution in [0.5, 0.6) is 0 Å². The number of aromatic nitrogens is 6. The molecular formula is C30H25F4N9O3. The van der Waals surface area contributed by atoms with Gasteiger partial charge in [-0.25, -0.2) is 13.8 Å². The molecule has 7 rings (SSSR count). The third-order valence-electron chi connectivity index (χ3n) is 7.97. The second-order valence-electron chi connectivity index (χ2n) is 11.0. The first kappa shape index (κ1) is 29.5. The average molecular weight is 636 g/mol. The van der Waals surface area contributed by atoms with Crippen molar-refractivity contribution in [3.05, 3.63) is 83.9 Å². The van der Waals surface area contributed by atoms with Gasteiger partial charge in [-0.15, -0.1) is 10.2 Å². The number of hydrogen-bond acceptors (Lipinski definition) is 9. The highest BCUT2D eigenvalue weighted by atomic mass is 19.3. The number of benzene rings is 2. The lowest BCUT2D eigenvalue weighted by Crippen LogP contribution is -2.50. The van der Waals surface area contributed by atoms with Crippen LogP contribution in [0.4, 0.5) is 23.2 Å². The number of halogens is 4. The number of alkyl halides is 4. The molecule has 2 aromatic carbocycles. The van der Waals surface area contributed by atoms with E-state index < -0.39 is 36.8 Å². The average Bonchev–Trinajstić information content (AvgIpc) is 3.39. The van der Waals surface area contributed by atoms with Gasteiger partial charge in [-0.1, -0.05) is 35.1 Å². The van der Waals surface area contributed by atoms with Crippen LogP contribution in [0, 0.1) is 5.92 Å². The molecule has 2 fully saturated rings. The topological polar surface area (TPSA) is 135 Å². The SMILES string of the molecule is O=C(Nc1ccc2oc(-c3ccnc(C(=O)N4CCN([C@@H](c5ccccc5)c5nnn(C(F)F)n5)CC4)c3)nc2c1)C1CC1(F)F. The molecular weight excluding hydrogens is 610 g/mol. The van der Waals surface area contributed by atoms with E-state index in [0.717, 1.165) is 5.56 Å². The Balaban J connectivity index is 1.04. The standard InChI is InChI=1S/C30H25F4N9O3/c31-29(32)43-39-25(38-40-43)24(17-4-2-1-3-5-17)41-10-12-42(13-11-41)28(45)22-14-18(8-9-35-22)27-37-21-15-19(6-7-23(21)46-27)36-26(44)20-16-30(20,33)34/h1-9,14-15,20,24,29H,10-13,16H2,(H,36,44)/t20?,24-/m0/s1. The molecule has 0 radical (unpaired) electrons. The fourth-order valence-electron chi connectivity index (χ4n) is 5.47. The van der Waals surface area contributed by atoms with Crippen molar-refractivity contribution >= 4 is 28.6 Å². The van der Waals surface area contributed by atoms with E-state index in [-0.39, 0.29) is 28.1 Å². The number of nitrogens with zero attached hydrogens (tertiary/aromatic N) is 8. The van der Waals surface area contributed by atoms with Crippen LogP contribution in [0.25, 0.3) is 22.6 Å². The minimum atomic E-state index is -2.97. The lowest BCUT2D eigenvalue weighted by atomic mass is 10.0. The molecule has 12 nitrogen and oxygen atoms in total. The lowest BCUT2D eigenvalue weighted by molar-refractivity contribution is -0.119. The summed E-state index contributed by atoms with van der Waals surface area (Å²) in [6.45, 7) is -1.42. The first-order valence-electron chi connectivity index (χ1n) is 14.4. The van der Waals surface area contributed by atoms with Crippen LogP contribution < -0.4 is 5.32 Å². The summed E-state index contributed by atoms with van der Waals surface area (Å²) < 4.78 is 58.7. The van der Waals surface area contributed by atoms with Gasteiger partial charge in [0.2, 0.25) is 11.8 Å². The maximum absolute atomic E-state index is 13.5. The predicted octanol–water partition coefficient (Wildman–Crippen LogP) is 4.41. The van der Waals surface area contributed by atoms with E-state index in [2.05, 4.69) is 30.7 Å². The van der Waals surface area contributed by atoms with Crippen molar-refractivity contribution in [1.29, 1.82) is 0 Å². The molecule has 1 aliphatic heterocycles. The van der Waals surface area contributed by atoms with Gasteiger partial charge in [0, 0.05) is 50.0 Å². The molecule has 5 aromatic rings. The summed E-state index contributed by atoms with van der Waals surface area (Å²) >= 11 is 0. The van der Waals surface area contributed by atoms with Crippen molar-refractivity contribution in [3.8, 4) is 11.5 Å². The summed E-state index contributed by atoms with van der Waals surface area (Å²) in [5, 5.41) is 13.8. The number of amides is 2. The highest BCUT2D eigenvalue weighted by Gasteiger charge is 2.61. The summed E-state index contributed by atoms with van der Waals surface area (Å²) in [4.78, 5) is 38.2. The Bertz CT molecular complexity index is 1910. The molecule has 3 aromatic heterocycles. The van der Waals surface area contributed by atoms with Crippen molar-refractivity contribution in [3.63, 3.8) is 0 Å². The van der Waals surface area contributed by atoms with Crippen molar-refractivity contribution < 1.29 is 31.6 Å². The number of carbonyl (C=O) groups excluding carboxylic acids is 2. The molecule has 1 saturated carbocycles. The minimum absolute atomic E-state index is 0.137.